The Morgan fingerprint density at radius 1 is 1.27 bits per heavy atom. The van der Waals surface area contributed by atoms with Crippen LogP contribution in [-0.4, -0.2) is 33.9 Å². The van der Waals surface area contributed by atoms with Crippen LogP contribution in [0.3, 0.4) is 0 Å². The lowest BCUT2D eigenvalue weighted by molar-refractivity contribution is -0.131. The maximum Gasteiger partial charge on any atom is 0.227 e. The molecule has 1 aromatic carbocycles. The van der Waals surface area contributed by atoms with Crippen LogP contribution in [0.2, 0.25) is 5.02 Å². The van der Waals surface area contributed by atoms with E-state index in [-0.39, 0.29) is 18.1 Å². The van der Waals surface area contributed by atoms with Crippen LogP contribution < -0.4 is 0 Å². The Labute approximate surface area is 156 Å². The number of piperidine rings is 1. The monoisotopic (exact) mass is 371 g/mol. The topological polar surface area (TPSA) is 49.0 Å². The van der Waals surface area contributed by atoms with Gasteiger partial charge in [-0.25, -0.2) is 9.37 Å². The molecule has 134 valence electrons. The number of benzene rings is 1. The maximum atomic E-state index is 13.1. The fourth-order valence-electron chi connectivity index (χ4n) is 3.58. The molecule has 0 aliphatic carbocycles. The molecule has 0 unspecified atom stereocenters. The van der Waals surface area contributed by atoms with Gasteiger partial charge in [0.15, 0.2) is 0 Å². The summed E-state index contributed by atoms with van der Waals surface area (Å²) in [7, 11) is 0. The standard InChI is InChI=1S/C20H19ClFN3O/c21-17-12-16(22)4-3-14(17)11-19(26)25-8-5-13(6-9-25)18-10-15-2-1-7-23-20(15)24-18/h1-4,7,10,12-13H,5-6,8-9,11H2,(H,23,24). The molecule has 1 N–H and O–H groups in total. The van der Waals surface area contributed by atoms with E-state index in [9.17, 15) is 9.18 Å². The second kappa shape index (κ2) is 7.08. The maximum absolute atomic E-state index is 13.1. The summed E-state index contributed by atoms with van der Waals surface area (Å²) in [5.74, 6) is 0.0535. The van der Waals surface area contributed by atoms with Crippen LogP contribution in [0.4, 0.5) is 4.39 Å². The average Bonchev–Trinajstić information content (AvgIpc) is 3.08. The molecule has 26 heavy (non-hydrogen) atoms. The number of hydrogen-bond donors (Lipinski definition) is 1. The number of halogens is 2. The zero-order valence-electron chi connectivity index (χ0n) is 14.2. The molecule has 1 aliphatic heterocycles. The van der Waals surface area contributed by atoms with Gasteiger partial charge in [-0.1, -0.05) is 17.7 Å². The van der Waals surface area contributed by atoms with Crippen molar-refractivity contribution >= 4 is 28.5 Å². The number of hydrogen-bond acceptors (Lipinski definition) is 2. The summed E-state index contributed by atoms with van der Waals surface area (Å²) in [5.41, 5.74) is 2.77. The Morgan fingerprint density at radius 3 is 2.81 bits per heavy atom. The van der Waals surface area contributed by atoms with Crippen LogP contribution in [0.5, 0.6) is 0 Å². The van der Waals surface area contributed by atoms with E-state index in [1.165, 1.54) is 17.8 Å². The smallest absolute Gasteiger partial charge is 0.227 e. The van der Waals surface area contributed by atoms with E-state index in [2.05, 4.69) is 16.0 Å². The first kappa shape index (κ1) is 17.0. The number of amides is 1. The molecular formula is C20H19ClFN3O. The highest BCUT2D eigenvalue weighted by Gasteiger charge is 2.25. The predicted molar refractivity (Wildman–Crippen MR) is 99.8 cm³/mol. The number of H-pyrrole nitrogens is 1. The van der Waals surface area contributed by atoms with Crippen LogP contribution in [0.1, 0.15) is 30.0 Å². The Morgan fingerprint density at radius 2 is 2.08 bits per heavy atom. The van der Waals surface area contributed by atoms with E-state index in [0.29, 0.717) is 29.6 Å². The normalized spacial score (nSPS) is 15.5. The molecule has 0 saturated carbocycles. The summed E-state index contributed by atoms with van der Waals surface area (Å²) >= 11 is 6.03. The Balaban J connectivity index is 1.39. The number of rotatable bonds is 3. The van der Waals surface area contributed by atoms with Crippen molar-refractivity contribution in [2.45, 2.75) is 25.2 Å². The lowest BCUT2D eigenvalue weighted by Gasteiger charge is -2.31. The fourth-order valence-corrected chi connectivity index (χ4v) is 3.81. The highest BCUT2D eigenvalue weighted by Crippen LogP contribution is 2.30. The van der Waals surface area contributed by atoms with Gasteiger partial charge in [0.05, 0.1) is 6.42 Å². The van der Waals surface area contributed by atoms with E-state index in [4.69, 9.17) is 11.6 Å². The third kappa shape index (κ3) is 3.44. The molecule has 0 spiro atoms. The van der Waals surface area contributed by atoms with Gasteiger partial charge in [0, 0.05) is 41.3 Å². The summed E-state index contributed by atoms with van der Waals surface area (Å²) in [6.07, 6.45) is 3.82. The van der Waals surface area contributed by atoms with Crippen molar-refractivity contribution < 1.29 is 9.18 Å². The molecule has 1 amide bonds. The molecule has 3 aromatic rings. The van der Waals surface area contributed by atoms with Crippen LogP contribution in [0.25, 0.3) is 11.0 Å². The first-order valence-electron chi connectivity index (χ1n) is 8.75. The van der Waals surface area contributed by atoms with Gasteiger partial charge in [0.2, 0.25) is 5.91 Å². The number of likely N-dealkylation sites (tertiary alicyclic amines) is 1. The van der Waals surface area contributed by atoms with E-state index < -0.39 is 0 Å². The van der Waals surface area contributed by atoms with Crippen molar-refractivity contribution in [1.29, 1.82) is 0 Å². The molecule has 0 radical (unpaired) electrons. The van der Waals surface area contributed by atoms with Crippen molar-refractivity contribution in [2.75, 3.05) is 13.1 Å². The minimum Gasteiger partial charge on any atom is -0.343 e. The largest absolute Gasteiger partial charge is 0.343 e. The first-order chi connectivity index (χ1) is 12.6. The summed E-state index contributed by atoms with van der Waals surface area (Å²) in [6.45, 7) is 1.43. The van der Waals surface area contributed by atoms with Crippen molar-refractivity contribution in [3.63, 3.8) is 0 Å². The summed E-state index contributed by atoms with van der Waals surface area (Å²) in [5, 5.41) is 1.42. The molecule has 0 atom stereocenters. The molecule has 4 nitrogen and oxygen atoms in total. The first-order valence-corrected chi connectivity index (χ1v) is 9.13. The third-order valence-electron chi connectivity index (χ3n) is 5.06. The molecule has 1 saturated heterocycles. The zero-order chi connectivity index (χ0) is 18.1. The lowest BCUT2D eigenvalue weighted by Crippen LogP contribution is -2.38. The van der Waals surface area contributed by atoms with Crippen molar-refractivity contribution in [3.05, 3.63) is 64.7 Å². The highest BCUT2D eigenvalue weighted by atomic mass is 35.5. The Hall–Kier alpha value is -2.40. The molecule has 1 fully saturated rings. The van der Waals surface area contributed by atoms with E-state index in [0.717, 1.165) is 23.9 Å². The van der Waals surface area contributed by atoms with Gasteiger partial charge in [-0.15, -0.1) is 0 Å². The molecular weight excluding hydrogens is 353 g/mol. The number of carbonyl (C=O) groups excluding carboxylic acids is 1. The number of nitrogens with zero attached hydrogens (tertiary/aromatic N) is 2. The van der Waals surface area contributed by atoms with Crippen LogP contribution in [-0.2, 0) is 11.2 Å². The van der Waals surface area contributed by atoms with Crippen molar-refractivity contribution in [2.24, 2.45) is 0 Å². The minimum atomic E-state index is -0.389. The fraction of sp³-hybridized carbons (Fsp3) is 0.300. The second-order valence-corrected chi connectivity index (χ2v) is 7.14. The SMILES string of the molecule is O=C(Cc1ccc(F)cc1Cl)N1CCC(c2cc3cccnc3[nH]2)CC1. The highest BCUT2D eigenvalue weighted by molar-refractivity contribution is 6.31. The Kier molecular flexibility index (Phi) is 4.64. The van der Waals surface area contributed by atoms with Crippen LogP contribution >= 0.6 is 11.6 Å². The van der Waals surface area contributed by atoms with Gasteiger partial charge in [-0.3, -0.25) is 4.79 Å². The van der Waals surface area contributed by atoms with E-state index in [1.54, 1.807) is 12.3 Å². The summed E-state index contributed by atoms with van der Waals surface area (Å²) < 4.78 is 13.1. The van der Waals surface area contributed by atoms with E-state index >= 15 is 0 Å². The molecule has 4 rings (SSSR count). The Bertz CT molecular complexity index is 914. The molecule has 6 heteroatoms. The zero-order valence-corrected chi connectivity index (χ0v) is 15.0. The molecule has 2 aromatic heterocycles. The predicted octanol–water partition coefficient (Wildman–Crippen LogP) is 4.30. The van der Waals surface area contributed by atoms with Gasteiger partial charge in [0.1, 0.15) is 11.5 Å². The molecule has 3 heterocycles. The summed E-state index contributed by atoms with van der Waals surface area (Å²) in [6, 6.07) is 10.3. The number of aromatic amines is 1. The third-order valence-corrected chi connectivity index (χ3v) is 5.41. The number of aromatic nitrogens is 2. The average molecular weight is 372 g/mol. The van der Waals surface area contributed by atoms with Crippen LogP contribution in [0, 0.1) is 5.82 Å². The minimum absolute atomic E-state index is 0.0373. The summed E-state index contributed by atoms with van der Waals surface area (Å²) in [4.78, 5) is 22.2. The van der Waals surface area contributed by atoms with Crippen molar-refractivity contribution in [1.82, 2.24) is 14.9 Å². The van der Waals surface area contributed by atoms with Gasteiger partial charge in [0.25, 0.3) is 0 Å². The molecule has 0 bridgehead atoms. The molecule has 1 aliphatic rings. The second-order valence-electron chi connectivity index (χ2n) is 6.73. The van der Waals surface area contributed by atoms with Crippen LogP contribution in [0.15, 0.2) is 42.6 Å². The quantitative estimate of drug-likeness (QED) is 0.746. The van der Waals surface area contributed by atoms with Gasteiger partial charge in [-0.05, 0) is 48.7 Å². The number of pyridine rings is 1. The number of fused-ring (bicyclic) bond motifs is 1. The van der Waals surface area contributed by atoms with Gasteiger partial charge in [-0.2, -0.15) is 0 Å². The van der Waals surface area contributed by atoms with Gasteiger partial charge >= 0.3 is 0 Å². The van der Waals surface area contributed by atoms with E-state index in [1.807, 2.05) is 17.0 Å². The number of nitrogens with one attached hydrogen (secondary N) is 1. The number of carbonyl (C=O) groups is 1. The lowest BCUT2D eigenvalue weighted by atomic mass is 9.93. The van der Waals surface area contributed by atoms with Crippen molar-refractivity contribution in [3.8, 4) is 0 Å². The van der Waals surface area contributed by atoms with Gasteiger partial charge < -0.3 is 9.88 Å².